The molecular weight excluding hydrogens is 422 g/mol. The molecule has 3 amide bonds. The van der Waals surface area contributed by atoms with Crippen LogP contribution in [-0.2, 0) is 37.5 Å². The summed E-state index contributed by atoms with van der Waals surface area (Å²) in [6.45, 7) is 0.294. The normalized spacial score (nSPS) is 21.0. The molecule has 2 aromatic carbocycles. The minimum absolute atomic E-state index is 0.0650. The van der Waals surface area contributed by atoms with Crippen molar-refractivity contribution in [1.82, 2.24) is 9.62 Å². The molecule has 5 rings (SSSR count). The monoisotopic (exact) mass is 441 g/mol. The van der Waals surface area contributed by atoms with Crippen molar-refractivity contribution in [3.8, 4) is 5.75 Å². The fourth-order valence-corrected chi connectivity index (χ4v) is 5.58. The van der Waals surface area contributed by atoms with Crippen LogP contribution in [0.3, 0.4) is 0 Å². The van der Waals surface area contributed by atoms with E-state index in [0.29, 0.717) is 17.9 Å². The number of sulfonamides is 1. The second-order valence-electron chi connectivity index (χ2n) is 7.80. The molecule has 0 saturated carbocycles. The molecule has 2 aromatic rings. The zero-order valence-electron chi connectivity index (χ0n) is 16.4. The third-order valence-corrected chi connectivity index (χ3v) is 7.57. The second kappa shape index (κ2) is 7.17. The number of ether oxygens (including phenoxy) is 1. The number of carbonyl (C=O) groups excluding carboxylic acids is 3. The van der Waals surface area contributed by atoms with Gasteiger partial charge in [-0.05, 0) is 41.3 Å². The number of hydrogen-bond acceptors (Lipinski definition) is 6. The Morgan fingerprint density at radius 2 is 1.74 bits per heavy atom. The van der Waals surface area contributed by atoms with E-state index in [2.05, 4.69) is 10.6 Å². The number of fused-ring (bicyclic) bond motifs is 2. The van der Waals surface area contributed by atoms with E-state index in [1.807, 2.05) is 18.2 Å². The van der Waals surface area contributed by atoms with E-state index in [4.69, 9.17) is 4.74 Å². The topological polar surface area (TPSA) is 122 Å². The van der Waals surface area contributed by atoms with Crippen LogP contribution in [0.15, 0.2) is 41.3 Å². The number of rotatable bonds is 3. The summed E-state index contributed by atoms with van der Waals surface area (Å²) in [5.74, 6) is -0.921. The maximum absolute atomic E-state index is 13.2. The Hall–Kier alpha value is -3.24. The molecule has 1 atom stereocenters. The molecule has 2 N–H and O–H groups in total. The van der Waals surface area contributed by atoms with Crippen LogP contribution in [0.5, 0.6) is 5.75 Å². The maximum Gasteiger partial charge on any atom is 0.262 e. The molecule has 3 heterocycles. The SMILES string of the molecule is O=C1CCC(c2ccc3c(c2)CN(S(=O)(=O)c2ccc4c(c2)NC(=O)CO4)C3)C(=O)N1. The van der Waals surface area contributed by atoms with E-state index < -0.39 is 15.9 Å². The van der Waals surface area contributed by atoms with Gasteiger partial charge >= 0.3 is 0 Å². The van der Waals surface area contributed by atoms with Gasteiger partial charge in [0.15, 0.2) is 6.61 Å². The van der Waals surface area contributed by atoms with Crippen LogP contribution in [0.1, 0.15) is 35.4 Å². The van der Waals surface area contributed by atoms with Gasteiger partial charge in [-0.2, -0.15) is 4.31 Å². The van der Waals surface area contributed by atoms with Crippen molar-refractivity contribution in [3.63, 3.8) is 0 Å². The van der Waals surface area contributed by atoms with E-state index in [1.54, 1.807) is 0 Å². The lowest BCUT2D eigenvalue weighted by molar-refractivity contribution is -0.134. The lowest BCUT2D eigenvalue weighted by Gasteiger charge is -2.21. The molecule has 0 spiro atoms. The minimum atomic E-state index is -3.81. The molecule has 0 radical (unpaired) electrons. The van der Waals surface area contributed by atoms with Gasteiger partial charge in [-0.15, -0.1) is 0 Å². The van der Waals surface area contributed by atoms with E-state index in [0.717, 1.165) is 16.7 Å². The van der Waals surface area contributed by atoms with E-state index in [-0.39, 0.29) is 48.7 Å². The molecule has 1 saturated heterocycles. The smallest absolute Gasteiger partial charge is 0.262 e. The van der Waals surface area contributed by atoms with E-state index in [1.165, 1.54) is 22.5 Å². The van der Waals surface area contributed by atoms with Gasteiger partial charge in [0.1, 0.15) is 5.75 Å². The average molecular weight is 441 g/mol. The van der Waals surface area contributed by atoms with E-state index >= 15 is 0 Å². The van der Waals surface area contributed by atoms with Gasteiger partial charge < -0.3 is 10.1 Å². The molecule has 160 valence electrons. The Morgan fingerprint density at radius 1 is 0.935 bits per heavy atom. The molecule has 0 aliphatic carbocycles. The Labute approximate surface area is 178 Å². The highest BCUT2D eigenvalue weighted by Gasteiger charge is 2.33. The zero-order chi connectivity index (χ0) is 21.8. The van der Waals surface area contributed by atoms with Crippen LogP contribution in [-0.4, -0.2) is 37.1 Å². The first-order valence-corrected chi connectivity index (χ1v) is 11.3. The summed E-state index contributed by atoms with van der Waals surface area (Å²) >= 11 is 0. The largest absolute Gasteiger partial charge is 0.482 e. The van der Waals surface area contributed by atoms with Crippen molar-refractivity contribution in [3.05, 3.63) is 53.1 Å². The number of nitrogens with one attached hydrogen (secondary N) is 2. The van der Waals surface area contributed by atoms with E-state index in [9.17, 15) is 22.8 Å². The number of amides is 3. The third kappa shape index (κ3) is 3.47. The molecule has 3 aliphatic heterocycles. The highest BCUT2D eigenvalue weighted by molar-refractivity contribution is 7.89. The minimum Gasteiger partial charge on any atom is -0.482 e. The molecule has 0 bridgehead atoms. The summed E-state index contributed by atoms with van der Waals surface area (Å²) in [5, 5.41) is 4.98. The molecule has 10 heteroatoms. The fourth-order valence-electron chi connectivity index (χ4n) is 4.15. The van der Waals surface area contributed by atoms with Gasteiger partial charge in [-0.25, -0.2) is 8.42 Å². The Kier molecular flexibility index (Phi) is 4.56. The molecular formula is C21H19N3O6S. The van der Waals surface area contributed by atoms with Gasteiger partial charge in [0.05, 0.1) is 16.5 Å². The van der Waals surface area contributed by atoms with Crippen LogP contribution in [0.2, 0.25) is 0 Å². The highest BCUT2D eigenvalue weighted by atomic mass is 32.2. The van der Waals surface area contributed by atoms with Gasteiger partial charge in [0.2, 0.25) is 21.8 Å². The lowest BCUT2D eigenvalue weighted by atomic mass is 9.89. The number of carbonyl (C=O) groups is 3. The van der Waals surface area contributed by atoms with Crippen LogP contribution >= 0.6 is 0 Å². The van der Waals surface area contributed by atoms with Crippen molar-refractivity contribution < 1.29 is 27.5 Å². The van der Waals surface area contributed by atoms with Crippen LogP contribution < -0.4 is 15.4 Å². The Balaban J connectivity index is 1.39. The number of piperidine rings is 1. The van der Waals surface area contributed by atoms with Crippen molar-refractivity contribution in [2.24, 2.45) is 0 Å². The zero-order valence-corrected chi connectivity index (χ0v) is 17.2. The fraction of sp³-hybridized carbons (Fsp3) is 0.286. The summed E-state index contributed by atoms with van der Waals surface area (Å²) in [5.41, 5.74) is 2.81. The molecule has 0 aromatic heterocycles. The standard InChI is InChI=1S/C21H19N3O6S/c25-19-6-4-16(21(27)23-19)12-1-2-13-9-24(10-14(13)7-12)31(28,29)15-3-5-18-17(8-15)22-20(26)11-30-18/h1-3,5,7-8,16H,4,6,9-11H2,(H,22,26)(H,23,25,27). The third-order valence-electron chi connectivity index (χ3n) is 5.79. The predicted octanol–water partition coefficient (Wildman–Crippen LogP) is 1.24. The van der Waals surface area contributed by atoms with Gasteiger partial charge in [0.25, 0.3) is 5.91 Å². The average Bonchev–Trinajstić information content (AvgIpc) is 3.17. The first-order valence-electron chi connectivity index (χ1n) is 9.83. The summed E-state index contributed by atoms with van der Waals surface area (Å²) in [4.78, 5) is 35.2. The number of nitrogens with zero attached hydrogens (tertiary/aromatic N) is 1. The number of benzene rings is 2. The Morgan fingerprint density at radius 3 is 2.55 bits per heavy atom. The number of imide groups is 1. The molecule has 1 fully saturated rings. The summed E-state index contributed by atoms with van der Waals surface area (Å²) in [6, 6.07) is 9.91. The van der Waals surface area contributed by atoms with Crippen molar-refractivity contribution >= 4 is 33.4 Å². The second-order valence-corrected chi connectivity index (χ2v) is 9.74. The number of anilines is 1. The molecule has 9 nitrogen and oxygen atoms in total. The van der Waals surface area contributed by atoms with Gasteiger partial charge in [-0.1, -0.05) is 18.2 Å². The van der Waals surface area contributed by atoms with Crippen molar-refractivity contribution in [1.29, 1.82) is 0 Å². The van der Waals surface area contributed by atoms with Gasteiger partial charge in [0, 0.05) is 19.5 Å². The summed E-state index contributed by atoms with van der Waals surface area (Å²) in [6.07, 6.45) is 0.723. The van der Waals surface area contributed by atoms with Gasteiger partial charge in [-0.3, -0.25) is 19.7 Å². The van der Waals surface area contributed by atoms with Crippen LogP contribution in [0.25, 0.3) is 0 Å². The first-order chi connectivity index (χ1) is 14.8. The first kappa shape index (κ1) is 19.7. The van der Waals surface area contributed by atoms with Crippen LogP contribution in [0.4, 0.5) is 5.69 Å². The van der Waals surface area contributed by atoms with Crippen molar-refractivity contribution in [2.75, 3.05) is 11.9 Å². The molecule has 1 unspecified atom stereocenters. The highest BCUT2D eigenvalue weighted by Crippen LogP contribution is 2.35. The predicted molar refractivity (Wildman–Crippen MR) is 109 cm³/mol. The molecule has 31 heavy (non-hydrogen) atoms. The number of hydrogen-bond donors (Lipinski definition) is 2. The van der Waals surface area contributed by atoms with Crippen molar-refractivity contribution in [2.45, 2.75) is 36.7 Å². The Bertz CT molecular complexity index is 1240. The quantitative estimate of drug-likeness (QED) is 0.692. The summed E-state index contributed by atoms with van der Waals surface area (Å²) in [7, 11) is -3.81. The van der Waals surface area contributed by atoms with Crippen LogP contribution in [0, 0.1) is 0 Å². The lowest BCUT2D eigenvalue weighted by Crippen LogP contribution is -2.39. The maximum atomic E-state index is 13.2. The summed E-state index contributed by atoms with van der Waals surface area (Å²) < 4.78 is 33.1. The molecule has 3 aliphatic rings.